The Hall–Kier alpha value is -1.15. The fourth-order valence-electron chi connectivity index (χ4n) is 1.36. The van der Waals surface area contributed by atoms with Crippen LogP contribution in [0.1, 0.15) is 5.56 Å². The van der Waals surface area contributed by atoms with Gasteiger partial charge in [-0.15, -0.1) is 0 Å². The van der Waals surface area contributed by atoms with E-state index in [1.807, 2.05) is 12.1 Å². The van der Waals surface area contributed by atoms with Crippen molar-refractivity contribution in [3.63, 3.8) is 0 Å². The second kappa shape index (κ2) is 3.07. The van der Waals surface area contributed by atoms with Crippen LogP contribution in [0.3, 0.4) is 0 Å². The molecule has 1 aliphatic rings. The number of nitrogens with one attached hydrogen (secondary N) is 1. The first-order valence-corrected chi connectivity index (χ1v) is 4.02. The molecule has 0 saturated heterocycles. The summed E-state index contributed by atoms with van der Waals surface area (Å²) < 4.78 is 12.5. The van der Waals surface area contributed by atoms with Gasteiger partial charge in [-0.3, -0.25) is 0 Å². The molecule has 2 rings (SSSR count). The van der Waals surface area contributed by atoms with Gasteiger partial charge in [0.25, 0.3) is 0 Å². The quantitative estimate of drug-likeness (QED) is 0.665. The molecule has 0 saturated carbocycles. The van der Waals surface area contributed by atoms with Gasteiger partial charge in [0.1, 0.15) is 5.82 Å². The van der Waals surface area contributed by atoms with Crippen LogP contribution >= 0.6 is 0 Å². The molecule has 0 radical (unpaired) electrons. The molecule has 1 nitrogen and oxygen atoms in total. The zero-order valence-corrected chi connectivity index (χ0v) is 6.68. The van der Waals surface area contributed by atoms with E-state index in [2.05, 4.69) is 11.4 Å². The van der Waals surface area contributed by atoms with Crippen LogP contribution in [0.5, 0.6) is 0 Å². The summed E-state index contributed by atoms with van der Waals surface area (Å²) in [6.07, 6.45) is 2.13. The third kappa shape index (κ3) is 1.38. The van der Waals surface area contributed by atoms with Crippen LogP contribution in [0.15, 0.2) is 30.3 Å². The van der Waals surface area contributed by atoms with Crippen LogP contribution < -0.4 is 5.32 Å². The molecule has 0 aliphatic carbocycles. The predicted molar refractivity (Wildman–Crippen MR) is 47.2 cm³/mol. The van der Waals surface area contributed by atoms with Crippen LogP contribution in [-0.4, -0.2) is 13.1 Å². The Morgan fingerprint density at radius 3 is 2.50 bits per heavy atom. The summed E-state index contributed by atoms with van der Waals surface area (Å²) >= 11 is 0. The van der Waals surface area contributed by atoms with E-state index in [4.69, 9.17) is 0 Å². The van der Waals surface area contributed by atoms with Crippen LogP contribution in [-0.2, 0) is 0 Å². The van der Waals surface area contributed by atoms with E-state index in [1.165, 1.54) is 17.7 Å². The number of rotatable bonds is 1. The minimum atomic E-state index is -0.176. The average Bonchev–Trinajstić information content (AvgIpc) is 2.58. The zero-order valence-electron chi connectivity index (χ0n) is 6.68. The van der Waals surface area contributed by atoms with E-state index in [0.717, 1.165) is 18.7 Å². The highest BCUT2D eigenvalue weighted by Crippen LogP contribution is 2.16. The van der Waals surface area contributed by atoms with E-state index in [9.17, 15) is 4.39 Å². The monoisotopic (exact) mass is 163 g/mol. The maximum atomic E-state index is 12.5. The first kappa shape index (κ1) is 7.50. The third-order valence-corrected chi connectivity index (χ3v) is 2.02. The number of benzene rings is 1. The standard InChI is InChI=1S/C10H10FN/c11-10-3-1-8(2-4-10)9-5-6-12-7-9/h1-5,12H,6-7H2. The van der Waals surface area contributed by atoms with Gasteiger partial charge in [-0.1, -0.05) is 18.2 Å². The lowest BCUT2D eigenvalue weighted by Gasteiger charge is -2.00. The van der Waals surface area contributed by atoms with Crippen LogP contribution in [0, 0.1) is 5.82 Å². The molecule has 1 N–H and O–H groups in total. The Labute approximate surface area is 70.9 Å². The maximum absolute atomic E-state index is 12.5. The van der Waals surface area contributed by atoms with E-state index >= 15 is 0 Å². The highest BCUT2D eigenvalue weighted by molar-refractivity contribution is 5.68. The van der Waals surface area contributed by atoms with Crippen LogP contribution in [0.4, 0.5) is 4.39 Å². The molecule has 0 atom stereocenters. The molecule has 0 aromatic heterocycles. The third-order valence-electron chi connectivity index (χ3n) is 2.02. The summed E-state index contributed by atoms with van der Waals surface area (Å²) in [5, 5.41) is 3.20. The van der Waals surface area contributed by atoms with Gasteiger partial charge in [-0.05, 0) is 23.3 Å². The highest BCUT2D eigenvalue weighted by Gasteiger charge is 2.05. The Morgan fingerprint density at radius 1 is 1.17 bits per heavy atom. The largest absolute Gasteiger partial charge is 0.309 e. The molecular formula is C10H10FN. The van der Waals surface area contributed by atoms with Crippen molar-refractivity contribution in [1.29, 1.82) is 0 Å². The molecule has 62 valence electrons. The van der Waals surface area contributed by atoms with Gasteiger partial charge in [-0.25, -0.2) is 4.39 Å². The molecule has 1 heterocycles. The second-order valence-corrected chi connectivity index (χ2v) is 2.87. The van der Waals surface area contributed by atoms with Crippen LogP contribution in [0.2, 0.25) is 0 Å². The van der Waals surface area contributed by atoms with Gasteiger partial charge in [-0.2, -0.15) is 0 Å². The molecule has 0 bridgehead atoms. The van der Waals surface area contributed by atoms with Crippen molar-refractivity contribution in [3.8, 4) is 0 Å². The second-order valence-electron chi connectivity index (χ2n) is 2.87. The molecule has 1 aliphatic heterocycles. The molecule has 12 heavy (non-hydrogen) atoms. The lowest BCUT2D eigenvalue weighted by molar-refractivity contribution is 0.627. The van der Waals surface area contributed by atoms with Crippen molar-refractivity contribution in [2.45, 2.75) is 0 Å². The summed E-state index contributed by atoms with van der Waals surface area (Å²) in [4.78, 5) is 0. The molecule has 2 heteroatoms. The minimum absolute atomic E-state index is 0.176. The number of hydrogen-bond donors (Lipinski definition) is 1. The minimum Gasteiger partial charge on any atom is -0.309 e. The molecule has 1 aromatic rings. The molecular weight excluding hydrogens is 153 g/mol. The normalized spacial score (nSPS) is 16.2. The lowest BCUT2D eigenvalue weighted by atomic mass is 10.1. The Kier molecular flexibility index (Phi) is 1.92. The van der Waals surface area contributed by atoms with Gasteiger partial charge in [0.2, 0.25) is 0 Å². The van der Waals surface area contributed by atoms with E-state index < -0.39 is 0 Å². The summed E-state index contributed by atoms with van der Waals surface area (Å²) in [7, 11) is 0. The summed E-state index contributed by atoms with van der Waals surface area (Å²) in [5.41, 5.74) is 2.37. The van der Waals surface area contributed by atoms with Crippen LogP contribution in [0.25, 0.3) is 5.57 Å². The first-order chi connectivity index (χ1) is 5.86. The summed E-state index contributed by atoms with van der Waals surface area (Å²) in [6.45, 7) is 1.82. The smallest absolute Gasteiger partial charge is 0.123 e. The van der Waals surface area contributed by atoms with Crippen molar-refractivity contribution in [3.05, 3.63) is 41.7 Å². The maximum Gasteiger partial charge on any atom is 0.123 e. The summed E-state index contributed by atoms with van der Waals surface area (Å²) in [6, 6.07) is 6.62. The van der Waals surface area contributed by atoms with Crippen molar-refractivity contribution >= 4 is 5.57 Å². The Bertz CT molecular complexity index is 300. The van der Waals surface area contributed by atoms with E-state index in [0.29, 0.717) is 0 Å². The van der Waals surface area contributed by atoms with Crippen molar-refractivity contribution in [2.24, 2.45) is 0 Å². The Morgan fingerprint density at radius 2 is 1.92 bits per heavy atom. The van der Waals surface area contributed by atoms with Gasteiger partial charge in [0.05, 0.1) is 0 Å². The molecule has 0 spiro atoms. The fourth-order valence-corrected chi connectivity index (χ4v) is 1.36. The molecule has 0 amide bonds. The molecule has 1 aromatic carbocycles. The summed E-state index contributed by atoms with van der Waals surface area (Å²) in [5.74, 6) is -0.176. The van der Waals surface area contributed by atoms with Gasteiger partial charge in [0.15, 0.2) is 0 Å². The first-order valence-electron chi connectivity index (χ1n) is 4.02. The Balaban J connectivity index is 2.28. The number of hydrogen-bond acceptors (Lipinski definition) is 1. The van der Waals surface area contributed by atoms with Crippen molar-refractivity contribution in [1.82, 2.24) is 5.32 Å². The van der Waals surface area contributed by atoms with Gasteiger partial charge >= 0.3 is 0 Å². The van der Waals surface area contributed by atoms with Gasteiger partial charge in [0, 0.05) is 13.1 Å². The van der Waals surface area contributed by atoms with Crippen molar-refractivity contribution < 1.29 is 4.39 Å². The zero-order chi connectivity index (χ0) is 8.39. The highest BCUT2D eigenvalue weighted by atomic mass is 19.1. The SMILES string of the molecule is Fc1ccc(C2=CCNC2)cc1. The molecule has 0 unspecified atom stereocenters. The average molecular weight is 163 g/mol. The predicted octanol–water partition coefficient (Wildman–Crippen LogP) is 1.81. The fraction of sp³-hybridized carbons (Fsp3) is 0.200. The van der Waals surface area contributed by atoms with E-state index in [1.54, 1.807) is 0 Å². The van der Waals surface area contributed by atoms with Crippen molar-refractivity contribution in [2.75, 3.05) is 13.1 Å². The van der Waals surface area contributed by atoms with Gasteiger partial charge < -0.3 is 5.32 Å². The van der Waals surface area contributed by atoms with E-state index in [-0.39, 0.29) is 5.82 Å². The molecule has 0 fully saturated rings. The topological polar surface area (TPSA) is 12.0 Å². The lowest BCUT2D eigenvalue weighted by Crippen LogP contribution is -2.07. The number of halogens is 1.